The number of benzene rings is 1. The van der Waals surface area contributed by atoms with E-state index in [9.17, 15) is 18.7 Å². The minimum atomic E-state index is -0.979. The third-order valence-corrected chi connectivity index (χ3v) is 2.61. The highest BCUT2D eigenvalue weighted by Crippen LogP contribution is 2.10. The average Bonchev–Trinajstić information content (AvgIpc) is 2.34. The van der Waals surface area contributed by atoms with Crippen molar-refractivity contribution < 1.29 is 23.4 Å². The number of carbonyl (C=O) groups is 1. The van der Waals surface area contributed by atoms with Gasteiger partial charge in [0.25, 0.3) is 0 Å². The second-order valence-electron chi connectivity index (χ2n) is 4.31. The van der Waals surface area contributed by atoms with E-state index >= 15 is 0 Å². The third-order valence-electron chi connectivity index (χ3n) is 2.61. The lowest BCUT2D eigenvalue weighted by Gasteiger charge is -2.20. The van der Waals surface area contributed by atoms with Gasteiger partial charge in [-0.25, -0.2) is 8.78 Å². The maximum Gasteiger partial charge on any atom is 0.226 e. The molecule has 0 fully saturated rings. The van der Waals surface area contributed by atoms with Crippen LogP contribution in [0.3, 0.4) is 0 Å². The van der Waals surface area contributed by atoms with Crippen molar-refractivity contribution in [3.05, 3.63) is 35.4 Å². The molecule has 0 saturated heterocycles. The maximum absolute atomic E-state index is 13.0. The van der Waals surface area contributed by atoms with Crippen molar-refractivity contribution in [2.45, 2.75) is 12.5 Å². The summed E-state index contributed by atoms with van der Waals surface area (Å²) in [6, 6.07) is 3.33. The summed E-state index contributed by atoms with van der Waals surface area (Å²) >= 11 is 0. The Morgan fingerprint density at radius 1 is 1.42 bits per heavy atom. The monoisotopic (exact) mass is 273 g/mol. The van der Waals surface area contributed by atoms with Gasteiger partial charge < -0.3 is 14.7 Å². The Hall–Kier alpha value is -1.53. The number of nitrogens with zero attached hydrogens (tertiary/aromatic N) is 1. The van der Waals surface area contributed by atoms with Crippen LogP contribution in [0, 0.1) is 11.6 Å². The van der Waals surface area contributed by atoms with E-state index in [-0.39, 0.29) is 25.5 Å². The number of halogens is 2. The van der Waals surface area contributed by atoms with Gasteiger partial charge in [0.1, 0.15) is 0 Å². The number of hydrogen-bond acceptors (Lipinski definition) is 3. The highest BCUT2D eigenvalue weighted by atomic mass is 19.2. The number of aliphatic hydroxyl groups excluding tert-OH is 1. The van der Waals surface area contributed by atoms with Crippen molar-refractivity contribution in [1.29, 1.82) is 0 Å². The van der Waals surface area contributed by atoms with Crippen molar-refractivity contribution in [2.75, 3.05) is 27.3 Å². The molecule has 1 amide bonds. The molecule has 19 heavy (non-hydrogen) atoms. The molecule has 0 heterocycles. The van der Waals surface area contributed by atoms with Crippen LogP contribution in [0.25, 0.3) is 0 Å². The molecule has 0 bridgehead atoms. The standard InChI is InChI=1S/C13H17F2NO3/c1-16(7-10(17)8-19-2)13(18)6-9-3-4-11(14)12(15)5-9/h3-5,10,17H,6-8H2,1-2H3. The fourth-order valence-electron chi connectivity index (χ4n) is 1.62. The first-order chi connectivity index (χ1) is 8.93. The van der Waals surface area contributed by atoms with Gasteiger partial charge in [-0.15, -0.1) is 0 Å². The SMILES string of the molecule is COCC(O)CN(C)C(=O)Cc1ccc(F)c(F)c1. The summed E-state index contributed by atoms with van der Waals surface area (Å²) in [6.45, 7) is 0.249. The van der Waals surface area contributed by atoms with Gasteiger partial charge in [0.15, 0.2) is 11.6 Å². The van der Waals surface area contributed by atoms with Crippen LogP contribution in [0.2, 0.25) is 0 Å². The number of hydrogen-bond donors (Lipinski definition) is 1. The van der Waals surface area contributed by atoms with Crippen LogP contribution in [0.15, 0.2) is 18.2 Å². The molecule has 0 saturated carbocycles. The van der Waals surface area contributed by atoms with Crippen LogP contribution >= 0.6 is 0 Å². The maximum atomic E-state index is 13.0. The molecular formula is C13H17F2NO3. The van der Waals surface area contributed by atoms with Gasteiger partial charge in [-0.05, 0) is 17.7 Å². The van der Waals surface area contributed by atoms with Crippen LogP contribution in [0.4, 0.5) is 8.78 Å². The molecule has 1 unspecified atom stereocenters. The molecular weight excluding hydrogens is 256 g/mol. The number of methoxy groups -OCH3 is 1. The Balaban J connectivity index is 2.56. The van der Waals surface area contributed by atoms with Gasteiger partial charge in [-0.2, -0.15) is 0 Å². The Kier molecular flexibility index (Phi) is 5.85. The van der Waals surface area contributed by atoms with Crippen molar-refractivity contribution >= 4 is 5.91 Å². The molecule has 106 valence electrons. The highest BCUT2D eigenvalue weighted by molar-refractivity contribution is 5.78. The molecule has 4 nitrogen and oxygen atoms in total. The Bertz CT molecular complexity index is 440. The second kappa shape index (κ2) is 7.16. The zero-order valence-electron chi connectivity index (χ0n) is 10.9. The van der Waals surface area contributed by atoms with Crippen LogP contribution in [0.1, 0.15) is 5.56 Å². The lowest BCUT2D eigenvalue weighted by molar-refractivity contribution is -0.130. The lowest BCUT2D eigenvalue weighted by Crippen LogP contribution is -2.37. The Labute approximate surface area is 110 Å². The van der Waals surface area contributed by atoms with E-state index < -0.39 is 17.7 Å². The minimum Gasteiger partial charge on any atom is -0.389 e. The zero-order chi connectivity index (χ0) is 14.4. The van der Waals surface area contributed by atoms with Crippen molar-refractivity contribution in [2.24, 2.45) is 0 Å². The highest BCUT2D eigenvalue weighted by Gasteiger charge is 2.14. The van der Waals surface area contributed by atoms with Crippen molar-refractivity contribution in [1.82, 2.24) is 4.90 Å². The molecule has 1 rings (SSSR count). The first-order valence-electron chi connectivity index (χ1n) is 5.79. The Morgan fingerprint density at radius 3 is 2.68 bits per heavy atom. The Morgan fingerprint density at radius 2 is 2.11 bits per heavy atom. The van der Waals surface area contributed by atoms with Crippen molar-refractivity contribution in [3.63, 3.8) is 0 Å². The fourth-order valence-corrected chi connectivity index (χ4v) is 1.62. The number of amides is 1. The number of aliphatic hydroxyl groups is 1. The van der Waals surface area contributed by atoms with E-state index in [0.29, 0.717) is 5.56 Å². The van der Waals surface area contributed by atoms with Crippen LogP contribution in [-0.4, -0.2) is 49.3 Å². The van der Waals surface area contributed by atoms with Crippen LogP contribution in [0.5, 0.6) is 0 Å². The molecule has 0 radical (unpaired) electrons. The van der Waals surface area contributed by atoms with E-state index in [4.69, 9.17) is 4.74 Å². The summed E-state index contributed by atoms with van der Waals surface area (Å²) in [4.78, 5) is 13.1. The van der Waals surface area contributed by atoms with E-state index in [1.54, 1.807) is 0 Å². The number of ether oxygens (including phenoxy) is 1. The number of carbonyl (C=O) groups excluding carboxylic acids is 1. The molecule has 0 aliphatic carbocycles. The predicted molar refractivity (Wildman–Crippen MR) is 65.6 cm³/mol. The largest absolute Gasteiger partial charge is 0.389 e. The summed E-state index contributed by atoms with van der Waals surface area (Å²) in [5.41, 5.74) is 0.386. The molecule has 0 aliphatic heterocycles. The van der Waals surface area contributed by atoms with Crippen molar-refractivity contribution in [3.8, 4) is 0 Å². The molecule has 1 atom stereocenters. The quantitative estimate of drug-likeness (QED) is 0.840. The normalized spacial score (nSPS) is 12.3. The molecule has 0 spiro atoms. The second-order valence-corrected chi connectivity index (χ2v) is 4.31. The van der Waals surface area contributed by atoms with E-state index in [1.165, 1.54) is 25.1 Å². The molecule has 1 aromatic rings. The zero-order valence-corrected chi connectivity index (χ0v) is 10.9. The summed E-state index contributed by atoms with van der Waals surface area (Å²) in [6.07, 6.45) is -0.822. The van der Waals surface area contributed by atoms with Gasteiger partial charge in [-0.1, -0.05) is 6.07 Å². The summed E-state index contributed by atoms with van der Waals surface area (Å²) in [7, 11) is 2.98. The lowest BCUT2D eigenvalue weighted by atomic mass is 10.1. The third kappa shape index (κ3) is 4.92. The molecule has 0 aliphatic rings. The topological polar surface area (TPSA) is 49.8 Å². The van der Waals surface area contributed by atoms with Crippen LogP contribution < -0.4 is 0 Å². The molecule has 6 heteroatoms. The summed E-state index contributed by atoms with van der Waals surface area (Å²) in [5, 5.41) is 9.49. The average molecular weight is 273 g/mol. The van der Waals surface area contributed by atoms with Gasteiger partial charge in [0, 0.05) is 20.7 Å². The summed E-state index contributed by atoms with van der Waals surface area (Å²) < 4.78 is 30.5. The molecule has 0 aromatic heterocycles. The predicted octanol–water partition coefficient (Wildman–Crippen LogP) is 0.973. The summed E-state index contributed by atoms with van der Waals surface area (Å²) in [5.74, 6) is -2.21. The van der Waals surface area contributed by atoms with E-state index in [0.717, 1.165) is 12.1 Å². The van der Waals surface area contributed by atoms with Gasteiger partial charge in [0.05, 0.1) is 19.1 Å². The molecule has 1 N–H and O–H groups in total. The molecule has 1 aromatic carbocycles. The van der Waals surface area contributed by atoms with Gasteiger partial charge >= 0.3 is 0 Å². The number of rotatable bonds is 6. The van der Waals surface area contributed by atoms with Gasteiger partial charge in [-0.3, -0.25) is 4.79 Å². The van der Waals surface area contributed by atoms with E-state index in [1.807, 2.05) is 0 Å². The van der Waals surface area contributed by atoms with Crippen LogP contribution in [-0.2, 0) is 16.0 Å². The van der Waals surface area contributed by atoms with E-state index in [2.05, 4.69) is 0 Å². The van der Waals surface area contributed by atoms with Gasteiger partial charge in [0.2, 0.25) is 5.91 Å². The first-order valence-corrected chi connectivity index (χ1v) is 5.79. The fraction of sp³-hybridized carbons (Fsp3) is 0.462. The smallest absolute Gasteiger partial charge is 0.226 e. The minimum absolute atomic E-state index is 0.0482. The first kappa shape index (κ1) is 15.5. The number of likely N-dealkylation sites (N-methyl/N-ethyl adjacent to an activating group) is 1.